The highest BCUT2D eigenvalue weighted by atomic mass is 32.1. The molecule has 7 nitrogen and oxygen atoms in total. The summed E-state index contributed by atoms with van der Waals surface area (Å²) in [4.78, 5) is 21.9. The summed E-state index contributed by atoms with van der Waals surface area (Å²) in [5.41, 5.74) is 1.87. The van der Waals surface area contributed by atoms with Gasteiger partial charge >= 0.3 is 0 Å². The Hall–Kier alpha value is -2.16. The zero-order valence-electron chi connectivity index (χ0n) is 18.5. The first kappa shape index (κ1) is 22.5. The summed E-state index contributed by atoms with van der Waals surface area (Å²) in [6, 6.07) is 5.37. The second-order valence-corrected chi connectivity index (χ2v) is 9.49. The molecule has 1 aromatic carbocycles. The normalized spacial score (nSPS) is 15.8. The Morgan fingerprint density at radius 2 is 1.83 bits per heavy atom. The van der Waals surface area contributed by atoms with E-state index in [0.717, 1.165) is 43.4 Å². The lowest BCUT2D eigenvalue weighted by molar-refractivity contribution is -0.117. The van der Waals surface area contributed by atoms with E-state index in [4.69, 9.17) is 14.5 Å². The van der Waals surface area contributed by atoms with Gasteiger partial charge in [-0.1, -0.05) is 20.8 Å². The molecule has 164 valence electrons. The number of aromatic nitrogens is 1. The van der Waals surface area contributed by atoms with Crippen molar-refractivity contribution in [1.29, 1.82) is 0 Å². The van der Waals surface area contributed by atoms with Crippen LogP contribution in [0.15, 0.2) is 23.6 Å². The van der Waals surface area contributed by atoms with Crippen LogP contribution in [-0.4, -0.2) is 67.6 Å². The molecule has 3 rings (SSSR count). The fraction of sp³-hybridized carbons (Fsp3) is 0.545. The van der Waals surface area contributed by atoms with Crippen LogP contribution in [0.1, 0.15) is 31.5 Å². The Kier molecular flexibility index (Phi) is 7.33. The molecule has 0 unspecified atom stereocenters. The van der Waals surface area contributed by atoms with Crippen molar-refractivity contribution in [2.24, 2.45) is 0 Å². The van der Waals surface area contributed by atoms with Gasteiger partial charge in [-0.15, -0.1) is 11.3 Å². The number of benzene rings is 1. The summed E-state index contributed by atoms with van der Waals surface area (Å²) in [7, 11) is 3.19. The van der Waals surface area contributed by atoms with Crippen molar-refractivity contribution in [2.75, 3.05) is 52.3 Å². The van der Waals surface area contributed by atoms with Gasteiger partial charge < -0.3 is 14.8 Å². The third-order valence-corrected chi connectivity index (χ3v) is 6.03. The molecule has 1 aliphatic heterocycles. The zero-order valence-corrected chi connectivity index (χ0v) is 19.3. The number of rotatable bonds is 7. The van der Waals surface area contributed by atoms with Crippen LogP contribution in [0.3, 0.4) is 0 Å². The van der Waals surface area contributed by atoms with Crippen molar-refractivity contribution in [2.45, 2.75) is 32.7 Å². The fourth-order valence-corrected chi connectivity index (χ4v) is 4.39. The van der Waals surface area contributed by atoms with Gasteiger partial charge in [0.1, 0.15) is 16.5 Å². The van der Waals surface area contributed by atoms with E-state index < -0.39 is 0 Å². The van der Waals surface area contributed by atoms with Gasteiger partial charge in [0.2, 0.25) is 5.91 Å². The highest BCUT2D eigenvalue weighted by Gasteiger charge is 2.22. The Morgan fingerprint density at radius 3 is 2.43 bits per heavy atom. The Labute approximate surface area is 183 Å². The number of carbonyl (C=O) groups is 1. The lowest BCUT2D eigenvalue weighted by Gasteiger charge is -2.33. The number of carbonyl (C=O) groups excluding carboxylic acids is 1. The lowest BCUT2D eigenvalue weighted by atomic mass is 9.93. The van der Waals surface area contributed by atoms with Crippen LogP contribution in [-0.2, 0) is 16.8 Å². The number of nitrogens with one attached hydrogen (secondary N) is 1. The van der Waals surface area contributed by atoms with Gasteiger partial charge in [-0.05, 0) is 12.1 Å². The molecule has 0 saturated carbocycles. The molecule has 1 N–H and O–H groups in total. The van der Waals surface area contributed by atoms with Crippen molar-refractivity contribution in [1.82, 2.24) is 14.8 Å². The molecule has 0 radical (unpaired) electrons. The number of ether oxygens (including phenoxy) is 2. The summed E-state index contributed by atoms with van der Waals surface area (Å²) >= 11 is 1.74. The first-order valence-electron chi connectivity index (χ1n) is 10.2. The van der Waals surface area contributed by atoms with E-state index in [9.17, 15) is 4.79 Å². The summed E-state index contributed by atoms with van der Waals surface area (Å²) in [6.07, 6.45) is 0. The van der Waals surface area contributed by atoms with Crippen LogP contribution in [0.4, 0.5) is 5.69 Å². The van der Waals surface area contributed by atoms with Crippen molar-refractivity contribution in [3.8, 4) is 11.5 Å². The number of methoxy groups -OCH3 is 2. The maximum Gasteiger partial charge on any atom is 0.238 e. The quantitative estimate of drug-likeness (QED) is 0.725. The predicted molar refractivity (Wildman–Crippen MR) is 121 cm³/mol. The van der Waals surface area contributed by atoms with Gasteiger partial charge in [-0.25, -0.2) is 4.98 Å². The second kappa shape index (κ2) is 9.76. The number of thiazole rings is 1. The minimum absolute atomic E-state index is 0.0512. The predicted octanol–water partition coefficient (Wildman–Crippen LogP) is 3.21. The van der Waals surface area contributed by atoms with E-state index in [0.29, 0.717) is 23.7 Å². The van der Waals surface area contributed by atoms with Crippen LogP contribution in [0, 0.1) is 0 Å². The SMILES string of the molecule is COc1ccc(OC)c(NC(=O)CN2CCN(Cc3nc(C(C)(C)C)cs3)CC2)c1. The summed E-state index contributed by atoms with van der Waals surface area (Å²) in [5.74, 6) is 1.24. The van der Waals surface area contributed by atoms with Crippen molar-refractivity contribution in [3.63, 3.8) is 0 Å². The molecule has 30 heavy (non-hydrogen) atoms. The molecule has 2 heterocycles. The third kappa shape index (κ3) is 5.93. The molecule has 0 spiro atoms. The molecule has 1 amide bonds. The van der Waals surface area contributed by atoms with Gasteiger partial charge in [-0.3, -0.25) is 14.6 Å². The molecule has 1 aliphatic rings. The Bertz CT molecular complexity index is 854. The molecule has 8 heteroatoms. The minimum atomic E-state index is -0.0512. The number of amides is 1. The molecule has 1 aromatic heterocycles. The average molecular weight is 433 g/mol. The topological polar surface area (TPSA) is 66.9 Å². The van der Waals surface area contributed by atoms with Gasteiger partial charge in [-0.2, -0.15) is 0 Å². The van der Waals surface area contributed by atoms with Crippen LogP contribution < -0.4 is 14.8 Å². The van der Waals surface area contributed by atoms with Crippen molar-refractivity contribution >= 4 is 22.9 Å². The van der Waals surface area contributed by atoms with Gasteiger partial charge in [0, 0.05) is 43.0 Å². The smallest absolute Gasteiger partial charge is 0.238 e. The molecule has 0 aliphatic carbocycles. The fourth-order valence-electron chi connectivity index (χ4n) is 3.33. The van der Waals surface area contributed by atoms with E-state index in [1.807, 2.05) is 0 Å². The Balaban J connectivity index is 1.48. The van der Waals surface area contributed by atoms with E-state index in [-0.39, 0.29) is 11.3 Å². The molecule has 2 aromatic rings. The molecular formula is C22H32N4O3S. The minimum Gasteiger partial charge on any atom is -0.497 e. The number of hydrogen-bond acceptors (Lipinski definition) is 7. The number of piperazine rings is 1. The maximum atomic E-state index is 12.5. The van der Waals surface area contributed by atoms with Crippen LogP contribution in [0.5, 0.6) is 11.5 Å². The highest BCUT2D eigenvalue weighted by molar-refractivity contribution is 7.09. The van der Waals surface area contributed by atoms with Gasteiger partial charge in [0.15, 0.2) is 0 Å². The van der Waals surface area contributed by atoms with Crippen molar-refractivity contribution in [3.05, 3.63) is 34.3 Å². The molecule has 1 fully saturated rings. The number of nitrogens with zero attached hydrogens (tertiary/aromatic N) is 3. The maximum absolute atomic E-state index is 12.5. The zero-order chi connectivity index (χ0) is 21.7. The molecule has 0 atom stereocenters. The van der Waals surface area contributed by atoms with E-state index >= 15 is 0 Å². The largest absolute Gasteiger partial charge is 0.497 e. The highest BCUT2D eigenvalue weighted by Crippen LogP contribution is 2.29. The van der Waals surface area contributed by atoms with E-state index in [1.165, 1.54) is 0 Å². The third-order valence-electron chi connectivity index (χ3n) is 5.19. The van der Waals surface area contributed by atoms with Crippen LogP contribution in [0.25, 0.3) is 0 Å². The summed E-state index contributed by atoms with van der Waals surface area (Å²) in [6.45, 7) is 11.4. The first-order chi connectivity index (χ1) is 14.3. The average Bonchev–Trinajstić information content (AvgIpc) is 3.18. The van der Waals surface area contributed by atoms with Crippen LogP contribution in [0.2, 0.25) is 0 Å². The van der Waals surface area contributed by atoms with E-state index in [2.05, 4.69) is 41.3 Å². The van der Waals surface area contributed by atoms with E-state index in [1.54, 1.807) is 43.8 Å². The first-order valence-corrected chi connectivity index (χ1v) is 11.1. The monoisotopic (exact) mass is 432 g/mol. The lowest BCUT2D eigenvalue weighted by Crippen LogP contribution is -2.48. The van der Waals surface area contributed by atoms with Gasteiger partial charge in [0.25, 0.3) is 0 Å². The van der Waals surface area contributed by atoms with Gasteiger partial charge in [0.05, 0.1) is 38.7 Å². The molecule has 1 saturated heterocycles. The summed E-state index contributed by atoms with van der Waals surface area (Å²) < 4.78 is 10.6. The second-order valence-electron chi connectivity index (χ2n) is 8.54. The molecular weight excluding hydrogens is 400 g/mol. The van der Waals surface area contributed by atoms with Crippen molar-refractivity contribution < 1.29 is 14.3 Å². The number of hydrogen-bond donors (Lipinski definition) is 1. The number of anilines is 1. The van der Waals surface area contributed by atoms with Crippen LogP contribution >= 0.6 is 11.3 Å². The summed E-state index contributed by atoms with van der Waals surface area (Å²) in [5, 5.41) is 6.28. The Morgan fingerprint density at radius 1 is 1.13 bits per heavy atom. The molecule has 0 bridgehead atoms. The standard InChI is InChI=1S/C22H32N4O3S/c1-22(2,3)19-15-30-21(24-19)14-26-10-8-25(9-11-26)13-20(27)23-17-12-16(28-4)6-7-18(17)29-5/h6-7,12,15H,8-11,13-14H2,1-5H3,(H,23,27).